The van der Waals surface area contributed by atoms with Crippen LogP contribution in [-0.2, 0) is 9.63 Å². The first kappa shape index (κ1) is 12.7. The number of hydrogen-bond acceptors (Lipinski definition) is 5. The van der Waals surface area contributed by atoms with Crippen LogP contribution in [0.25, 0.3) is 6.08 Å². The highest BCUT2D eigenvalue weighted by Gasteiger charge is 2.32. The third kappa shape index (κ3) is 2.40. The Hall–Kier alpha value is -1.76. The topological polar surface area (TPSA) is 41.9 Å². The van der Waals surface area contributed by atoms with E-state index in [9.17, 15) is 13.6 Å². The van der Waals surface area contributed by atoms with Crippen LogP contribution in [0, 0.1) is 0 Å². The average molecular weight is 272 g/mol. The zero-order valence-corrected chi connectivity index (χ0v) is 10.5. The minimum absolute atomic E-state index is 0.183. The lowest BCUT2D eigenvalue weighted by molar-refractivity contribution is -0.136. The number of oxime groups is 1. The van der Waals surface area contributed by atoms with Crippen molar-refractivity contribution in [1.29, 1.82) is 0 Å². The van der Waals surface area contributed by atoms with Crippen LogP contribution in [0.15, 0.2) is 22.9 Å². The second kappa shape index (κ2) is 4.85. The summed E-state index contributed by atoms with van der Waals surface area (Å²) in [6, 6.07) is 3.60. The van der Waals surface area contributed by atoms with Gasteiger partial charge in [-0.05, 0) is 18.2 Å². The van der Waals surface area contributed by atoms with Gasteiger partial charge < -0.3 is 9.74 Å². The Balaban J connectivity index is 2.31. The standard InChI is InChI=1S/C11H10F2N2O2S/c1-15(2)8-4-3-6(18-8)5-7-9(10(12)13)14-17-11(7)16/h3-5,10H,1-2H3. The van der Waals surface area contributed by atoms with E-state index in [1.165, 1.54) is 17.4 Å². The lowest BCUT2D eigenvalue weighted by atomic mass is 10.1. The van der Waals surface area contributed by atoms with Crippen LogP contribution < -0.4 is 4.90 Å². The van der Waals surface area contributed by atoms with Crippen molar-refractivity contribution in [3.8, 4) is 0 Å². The largest absolute Gasteiger partial charge is 0.370 e. The van der Waals surface area contributed by atoms with E-state index < -0.39 is 18.1 Å². The van der Waals surface area contributed by atoms with E-state index in [2.05, 4.69) is 9.99 Å². The predicted molar refractivity (Wildman–Crippen MR) is 66.2 cm³/mol. The number of halogens is 2. The third-order valence-corrected chi connectivity index (χ3v) is 3.47. The van der Waals surface area contributed by atoms with Gasteiger partial charge in [-0.15, -0.1) is 11.3 Å². The molecule has 0 bridgehead atoms. The van der Waals surface area contributed by atoms with E-state index in [0.29, 0.717) is 4.88 Å². The molecule has 0 saturated heterocycles. The number of carbonyl (C=O) groups is 1. The van der Waals surface area contributed by atoms with Crippen LogP contribution in [0.5, 0.6) is 0 Å². The van der Waals surface area contributed by atoms with Crippen molar-refractivity contribution in [2.75, 3.05) is 19.0 Å². The zero-order valence-electron chi connectivity index (χ0n) is 9.68. The maximum absolute atomic E-state index is 12.6. The summed E-state index contributed by atoms with van der Waals surface area (Å²) in [6.45, 7) is 0. The van der Waals surface area contributed by atoms with E-state index in [-0.39, 0.29) is 5.57 Å². The van der Waals surface area contributed by atoms with Gasteiger partial charge in [-0.1, -0.05) is 5.16 Å². The van der Waals surface area contributed by atoms with E-state index in [4.69, 9.17) is 0 Å². The fraction of sp³-hybridized carbons (Fsp3) is 0.273. The highest BCUT2D eigenvalue weighted by atomic mass is 32.1. The molecule has 0 aliphatic carbocycles. The molecular formula is C11H10F2N2O2S. The molecule has 0 aromatic carbocycles. The molecule has 18 heavy (non-hydrogen) atoms. The zero-order chi connectivity index (χ0) is 13.3. The summed E-state index contributed by atoms with van der Waals surface area (Å²) < 4.78 is 25.2. The van der Waals surface area contributed by atoms with Gasteiger partial charge in [0.1, 0.15) is 0 Å². The Morgan fingerprint density at radius 1 is 1.44 bits per heavy atom. The summed E-state index contributed by atoms with van der Waals surface area (Å²) in [4.78, 5) is 18.1. The highest BCUT2D eigenvalue weighted by molar-refractivity contribution is 7.17. The predicted octanol–water partition coefficient (Wildman–Crippen LogP) is 2.38. The van der Waals surface area contributed by atoms with Gasteiger partial charge >= 0.3 is 5.97 Å². The minimum atomic E-state index is -2.82. The van der Waals surface area contributed by atoms with Gasteiger partial charge in [0, 0.05) is 19.0 Å². The van der Waals surface area contributed by atoms with Gasteiger partial charge in [0.25, 0.3) is 6.43 Å². The minimum Gasteiger partial charge on any atom is -0.370 e. The van der Waals surface area contributed by atoms with Crippen molar-refractivity contribution in [2.45, 2.75) is 6.43 Å². The smallest absolute Gasteiger partial charge is 0.367 e. The van der Waals surface area contributed by atoms with E-state index in [0.717, 1.165) is 5.00 Å². The Bertz CT molecular complexity index is 535. The molecule has 0 amide bonds. The van der Waals surface area contributed by atoms with Crippen molar-refractivity contribution in [3.63, 3.8) is 0 Å². The number of anilines is 1. The van der Waals surface area contributed by atoms with Crippen LogP contribution in [0.3, 0.4) is 0 Å². The molecule has 0 N–H and O–H groups in total. The van der Waals surface area contributed by atoms with Gasteiger partial charge in [0.05, 0.1) is 10.6 Å². The summed E-state index contributed by atoms with van der Waals surface area (Å²) in [5, 5.41) is 4.04. The number of rotatable bonds is 3. The lowest BCUT2D eigenvalue weighted by Crippen LogP contribution is -2.13. The Morgan fingerprint density at radius 2 is 2.17 bits per heavy atom. The van der Waals surface area contributed by atoms with Gasteiger partial charge in [0.2, 0.25) is 0 Å². The molecule has 0 spiro atoms. The molecule has 1 aromatic heterocycles. The molecule has 2 heterocycles. The summed E-state index contributed by atoms with van der Waals surface area (Å²) in [5.41, 5.74) is -0.794. The molecule has 0 atom stereocenters. The Labute approximate surface area is 106 Å². The van der Waals surface area contributed by atoms with Crippen molar-refractivity contribution in [2.24, 2.45) is 5.16 Å². The molecule has 0 saturated carbocycles. The van der Waals surface area contributed by atoms with Crippen LogP contribution in [-0.4, -0.2) is 32.2 Å². The van der Waals surface area contributed by atoms with Crippen molar-refractivity contribution >= 4 is 34.1 Å². The quantitative estimate of drug-likeness (QED) is 0.626. The number of carbonyl (C=O) groups excluding carboxylic acids is 1. The summed E-state index contributed by atoms with van der Waals surface area (Å²) in [5.74, 6) is -0.842. The highest BCUT2D eigenvalue weighted by Crippen LogP contribution is 2.28. The van der Waals surface area contributed by atoms with Gasteiger partial charge in [-0.25, -0.2) is 13.6 Å². The first-order valence-corrected chi connectivity index (χ1v) is 5.87. The number of thiophene rings is 1. The van der Waals surface area contributed by atoms with E-state index >= 15 is 0 Å². The van der Waals surface area contributed by atoms with Crippen molar-refractivity contribution < 1.29 is 18.4 Å². The maximum atomic E-state index is 12.6. The Kier molecular flexibility index (Phi) is 3.42. The SMILES string of the molecule is CN(C)c1ccc(C=C2C(=O)ON=C2C(F)F)s1. The van der Waals surface area contributed by atoms with E-state index in [1.807, 2.05) is 25.1 Å². The van der Waals surface area contributed by atoms with Crippen LogP contribution >= 0.6 is 11.3 Å². The van der Waals surface area contributed by atoms with Crippen LogP contribution in [0.4, 0.5) is 13.8 Å². The number of hydrogen-bond donors (Lipinski definition) is 0. The molecule has 1 aromatic rings. The fourth-order valence-corrected chi connectivity index (χ4v) is 2.26. The average Bonchev–Trinajstić information content (AvgIpc) is 2.88. The first-order valence-electron chi connectivity index (χ1n) is 5.05. The van der Waals surface area contributed by atoms with Gasteiger partial charge in [0.15, 0.2) is 5.71 Å². The molecule has 0 radical (unpaired) electrons. The summed E-state index contributed by atoms with van der Waals surface area (Å²) in [6.07, 6.45) is -1.45. The summed E-state index contributed by atoms with van der Waals surface area (Å²) in [7, 11) is 3.75. The second-order valence-corrected chi connectivity index (χ2v) is 4.88. The number of alkyl halides is 2. The molecule has 0 fully saturated rings. The van der Waals surface area contributed by atoms with Gasteiger partial charge in [-0.2, -0.15) is 0 Å². The third-order valence-electron chi connectivity index (χ3n) is 2.27. The molecule has 7 heteroatoms. The molecule has 2 rings (SSSR count). The Morgan fingerprint density at radius 3 is 2.72 bits per heavy atom. The van der Waals surface area contributed by atoms with Crippen molar-refractivity contribution in [1.82, 2.24) is 0 Å². The molecule has 96 valence electrons. The lowest BCUT2D eigenvalue weighted by Gasteiger charge is -2.06. The normalized spacial score (nSPS) is 17.3. The second-order valence-electron chi connectivity index (χ2n) is 3.78. The first-order chi connectivity index (χ1) is 8.49. The molecule has 4 nitrogen and oxygen atoms in total. The molecule has 1 aliphatic heterocycles. The monoisotopic (exact) mass is 272 g/mol. The van der Waals surface area contributed by atoms with Crippen LogP contribution in [0.1, 0.15) is 4.88 Å². The number of nitrogens with zero attached hydrogens (tertiary/aromatic N) is 2. The summed E-state index contributed by atoms with van der Waals surface area (Å²) >= 11 is 1.39. The van der Waals surface area contributed by atoms with E-state index in [1.54, 1.807) is 6.07 Å². The van der Waals surface area contributed by atoms with Crippen molar-refractivity contribution in [3.05, 3.63) is 22.6 Å². The fourth-order valence-electron chi connectivity index (χ4n) is 1.39. The van der Waals surface area contributed by atoms with Gasteiger partial charge in [-0.3, -0.25) is 0 Å². The molecular weight excluding hydrogens is 262 g/mol. The molecule has 0 unspecified atom stereocenters. The maximum Gasteiger partial charge on any atom is 0.367 e. The molecule has 1 aliphatic rings. The van der Waals surface area contributed by atoms with Crippen LogP contribution in [0.2, 0.25) is 0 Å².